The molecule has 0 bridgehead atoms. The third-order valence-electron chi connectivity index (χ3n) is 4.67. The third-order valence-corrected chi connectivity index (χ3v) is 5.21. The number of fused-ring (bicyclic) bond motifs is 1. The first-order valence-corrected chi connectivity index (χ1v) is 10.1. The summed E-state index contributed by atoms with van der Waals surface area (Å²) in [6.45, 7) is 8.96. The van der Waals surface area contributed by atoms with E-state index in [2.05, 4.69) is 25.3 Å². The van der Waals surface area contributed by atoms with E-state index >= 15 is 0 Å². The average Bonchev–Trinajstić information content (AvgIpc) is 3.05. The summed E-state index contributed by atoms with van der Waals surface area (Å²) in [5.74, 6) is 0.684. The molecule has 0 spiro atoms. The maximum Gasteiger partial charge on any atom is 0.253 e. The van der Waals surface area contributed by atoms with Crippen LogP contribution in [0.2, 0.25) is 0 Å². The second-order valence-electron chi connectivity index (χ2n) is 6.38. The van der Waals surface area contributed by atoms with Crippen molar-refractivity contribution in [2.45, 2.75) is 31.8 Å². The summed E-state index contributed by atoms with van der Waals surface area (Å²) < 4.78 is 7.10. The van der Waals surface area contributed by atoms with E-state index in [1.54, 1.807) is 4.52 Å². The van der Waals surface area contributed by atoms with Gasteiger partial charge in [0.1, 0.15) is 0 Å². The Balaban J connectivity index is 1.54. The van der Waals surface area contributed by atoms with Crippen LogP contribution in [0.1, 0.15) is 23.4 Å². The quantitative estimate of drug-likeness (QED) is 0.715. The minimum Gasteiger partial charge on any atom is -0.379 e. The lowest BCUT2D eigenvalue weighted by atomic mass is 10.1. The second-order valence-corrected chi connectivity index (χ2v) is 7.15. The molecule has 3 rings (SSSR count). The van der Waals surface area contributed by atoms with Crippen molar-refractivity contribution < 1.29 is 9.53 Å². The smallest absolute Gasteiger partial charge is 0.253 e. The largest absolute Gasteiger partial charge is 0.379 e. The number of ether oxygens (including phenoxy) is 1. The van der Waals surface area contributed by atoms with Crippen molar-refractivity contribution in [3.63, 3.8) is 0 Å². The number of thioether (sulfide) groups is 1. The Morgan fingerprint density at radius 2 is 2.04 bits per heavy atom. The Morgan fingerprint density at radius 1 is 1.27 bits per heavy atom. The van der Waals surface area contributed by atoms with Crippen molar-refractivity contribution in [3.8, 4) is 0 Å². The summed E-state index contributed by atoms with van der Waals surface area (Å²) in [5, 5.41) is 8.17. The van der Waals surface area contributed by atoms with E-state index in [0.29, 0.717) is 30.3 Å². The maximum absolute atomic E-state index is 12.2. The van der Waals surface area contributed by atoms with E-state index in [1.807, 2.05) is 20.1 Å². The predicted molar refractivity (Wildman–Crippen MR) is 101 cm³/mol. The highest BCUT2D eigenvalue weighted by atomic mass is 32.2. The first-order chi connectivity index (χ1) is 12.6. The number of rotatable bonds is 7. The molecule has 0 aromatic carbocycles. The molecule has 1 aliphatic rings. The number of hydrogen-bond donors (Lipinski definition) is 1. The van der Waals surface area contributed by atoms with E-state index in [1.165, 1.54) is 11.8 Å². The van der Waals surface area contributed by atoms with Gasteiger partial charge in [-0.2, -0.15) is 4.98 Å². The van der Waals surface area contributed by atoms with Crippen LogP contribution in [0.4, 0.5) is 0 Å². The Labute approximate surface area is 157 Å². The molecule has 1 N–H and O–H groups in total. The van der Waals surface area contributed by atoms with Crippen LogP contribution in [0.5, 0.6) is 0 Å². The van der Waals surface area contributed by atoms with Crippen LogP contribution in [0.25, 0.3) is 5.78 Å². The van der Waals surface area contributed by atoms with Crippen LogP contribution in [0.3, 0.4) is 0 Å². The Hall–Kier alpha value is -1.71. The molecular formula is C17H26N6O2S. The SMILES string of the molecule is CSc1nc2nc(C)c(CCC(=O)NCCN3CCOCC3)c(C)n2n1. The van der Waals surface area contributed by atoms with Crippen molar-refractivity contribution in [1.82, 2.24) is 29.8 Å². The summed E-state index contributed by atoms with van der Waals surface area (Å²) in [6, 6.07) is 0. The topological polar surface area (TPSA) is 84.7 Å². The number of aryl methyl sites for hydroxylation is 2. The van der Waals surface area contributed by atoms with Crippen LogP contribution in [-0.4, -0.2) is 76.0 Å². The van der Waals surface area contributed by atoms with Crippen LogP contribution >= 0.6 is 11.8 Å². The lowest BCUT2D eigenvalue weighted by Crippen LogP contribution is -2.41. The van der Waals surface area contributed by atoms with Gasteiger partial charge in [-0.15, -0.1) is 5.10 Å². The van der Waals surface area contributed by atoms with E-state index in [0.717, 1.165) is 49.8 Å². The summed E-state index contributed by atoms with van der Waals surface area (Å²) in [4.78, 5) is 23.4. The fourth-order valence-corrected chi connectivity index (χ4v) is 3.48. The highest BCUT2D eigenvalue weighted by Gasteiger charge is 2.15. The number of nitrogens with zero attached hydrogens (tertiary/aromatic N) is 5. The van der Waals surface area contributed by atoms with E-state index in [9.17, 15) is 4.79 Å². The Morgan fingerprint density at radius 3 is 2.77 bits per heavy atom. The first kappa shape index (κ1) is 19.1. The van der Waals surface area contributed by atoms with Gasteiger partial charge in [0.15, 0.2) is 0 Å². The lowest BCUT2D eigenvalue weighted by molar-refractivity contribution is -0.121. The van der Waals surface area contributed by atoms with E-state index in [4.69, 9.17) is 4.74 Å². The minimum absolute atomic E-state index is 0.0700. The highest BCUT2D eigenvalue weighted by Crippen LogP contribution is 2.17. The number of amides is 1. The van der Waals surface area contributed by atoms with Gasteiger partial charge in [-0.3, -0.25) is 9.69 Å². The van der Waals surface area contributed by atoms with Gasteiger partial charge in [0, 0.05) is 44.0 Å². The monoisotopic (exact) mass is 378 g/mol. The Kier molecular flexibility index (Phi) is 6.44. The second kappa shape index (κ2) is 8.79. The fourth-order valence-electron chi connectivity index (χ4n) is 3.14. The molecule has 142 valence electrons. The van der Waals surface area contributed by atoms with Crippen molar-refractivity contribution in [1.29, 1.82) is 0 Å². The molecule has 1 fully saturated rings. The van der Waals surface area contributed by atoms with Crippen LogP contribution in [-0.2, 0) is 16.0 Å². The van der Waals surface area contributed by atoms with Gasteiger partial charge in [-0.05, 0) is 32.1 Å². The van der Waals surface area contributed by atoms with Crippen LogP contribution in [0.15, 0.2) is 5.16 Å². The molecule has 0 atom stereocenters. The number of aromatic nitrogens is 4. The molecule has 2 aromatic heterocycles. The molecular weight excluding hydrogens is 352 g/mol. The molecule has 2 aromatic rings. The fraction of sp³-hybridized carbons (Fsp3) is 0.647. The number of morpholine rings is 1. The van der Waals surface area contributed by atoms with Gasteiger partial charge in [0.05, 0.1) is 13.2 Å². The van der Waals surface area contributed by atoms with Crippen molar-refractivity contribution in [2.75, 3.05) is 45.6 Å². The average molecular weight is 379 g/mol. The van der Waals surface area contributed by atoms with Gasteiger partial charge >= 0.3 is 0 Å². The van der Waals surface area contributed by atoms with Gasteiger partial charge < -0.3 is 10.1 Å². The summed E-state index contributed by atoms with van der Waals surface area (Å²) in [6.07, 6.45) is 3.04. The van der Waals surface area contributed by atoms with Crippen molar-refractivity contribution >= 4 is 23.4 Å². The maximum atomic E-state index is 12.2. The minimum atomic E-state index is 0.0700. The number of nitrogens with one attached hydrogen (secondary N) is 1. The summed E-state index contributed by atoms with van der Waals surface area (Å²) in [7, 11) is 0. The molecule has 3 heterocycles. The van der Waals surface area contributed by atoms with Crippen LogP contribution in [0, 0.1) is 13.8 Å². The lowest BCUT2D eigenvalue weighted by Gasteiger charge is -2.26. The first-order valence-electron chi connectivity index (χ1n) is 8.92. The Bertz CT molecular complexity index is 772. The molecule has 26 heavy (non-hydrogen) atoms. The molecule has 8 nitrogen and oxygen atoms in total. The molecule has 1 aliphatic heterocycles. The predicted octanol–water partition coefficient (Wildman–Crippen LogP) is 0.844. The van der Waals surface area contributed by atoms with Gasteiger partial charge in [0.25, 0.3) is 5.78 Å². The van der Waals surface area contributed by atoms with Crippen LogP contribution < -0.4 is 5.32 Å². The molecule has 0 radical (unpaired) electrons. The molecule has 9 heteroatoms. The van der Waals surface area contributed by atoms with Crippen molar-refractivity contribution in [3.05, 3.63) is 17.0 Å². The molecule has 1 amide bonds. The zero-order chi connectivity index (χ0) is 18.5. The molecule has 0 saturated carbocycles. The third kappa shape index (κ3) is 4.52. The zero-order valence-electron chi connectivity index (χ0n) is 15.6. The number of carbonyl (C=O) groups excluding carboxylic acids is 1. The van der Waals surface area contributed by atoms with E-state index < -0.39 is 0 Å². The number of carbonyl (C=O) groups is 1. The van der Waals surface area contributed by atoms with Gasteiger partial charge in [-0.1, -0.05) is 11.8 Å². The van der Waals surface area contributed by atoms with Gasteiger partial charge in [-0.25, -0.2) is 9.50 Å². The summed E-state index contributed by atoms with van der Waals surface area (Å²) in [5.41, 5.74) is 2.98. The van der Waals surface area contributed by atoms with Gasteiger partial charge in [0.2, 0.25) is 11.1 Å². The standard InChI is InChI=1S/C17H26N6O2S/c1-12-14(13(2)23-16(19-12)20-17(21-23)26-3)4-5-15(24)18-6-7-22-8-10-25-11-9-22/h4-11H2,1-3H3,(H,18,24). The van der Waals surface area contributed by atoms with E-state index in [-0.39, 0.29) is 5.91 Å². The molecule has 0 aliphatic carbocycles. The normalized spacial score (nSPS) is 15.5. The molecule has 0 unspecified atom stereocenters. The van der Waals surface area contributed by atoms with Crippen molar-refractivity contribution in [2.24, 2.45) is 0 Å². The highest BCUT2D eigenvalue weighted by molar-refractivity contribution is 7.98. The number of hydrogen-bond acceptors (Lipinski definition) is 7. The zero-order valence-corrected chi connectivity index (χ0v) is 16.4. The molecule has 1 saturated heterocycles. The summed E-state index contributed by atoms with van der Waals surface area (Å²) >= 11 is 1.49.